The van der Waals surface area contributed by atoms with Crippen LogP contribution in [-0.4, -0.2) is 18.0 Å². The Morgan fingerprint density at radius 1 is 1.33 bits per heavy atom. The van der Waals surface area contributed by atoms with E-state index in [1.54, 1.807) is 6.08 Å². The molecule has 0 spiro atoms. The summed E-state index contributed by atoms with van der Waals surface area (Å²) in [5, 5.41) is 0. The second kappa shape index (κ2) is 6.13. The molecule has 0 saturated carbocycles. The van der Waals surface area contributed by atoms with Gasteiger partial charge in [-0.25, -0.2) is 13.0 Å². The maximum Gasteiger partial charge on any atom is 0.241 e. The topological polar surface area (TPSA) is 76.9 Å². The first kappa shape index (κ1) is 14.1. The molecular weight excluding hydrogens is 252 g/mol. The van der Waals surface area contributed by atoms with Crippen LogP contribution in [-0.2, 0) is 17.2 Å². The summed E-state index contributed by atoms with van der Waals surface area (Å²) >= 11 is 0. The van der Waals surface area contributed by atoms with Crippen LogP contribution in [0.3, 0.4) is 0 Å². The molecule has 2 rings (SSSR count). The predicted octanol–water partition coefficient (Wildman–Crippen LogP) is 1.07. The van der Waals surface area contributed by atoms with Gasteiger partial charge in [0.2, 0.25) is 6.33 Å². The third-order valence-electron chi connectivity index (χ3n) is 2.09. The first-order chi connectivity index (χ1) is 8.43. The van der Waals surface area contributed by atoms with E-state index >= 15 is 0 Å². The van der Waals surface area contributed by atoms with Gasteiger partial charge in [0.25, 0.3) is 0 Å². The highest BCUT2D eigenvalue weighted by molar-refractivity contribution is 7.85. The molecule has 96 valence electrons. The summed E-state index contributed by atoms with van der Waals surface area (Å²) in [6.45, 7) is 3.50. The number of imidazole rings is 1. The van der Waals surface area contributed by atoms with Gasteiger partial charge in [0.05, 0.1) is 11.9 Å². The molecule has 0 atom stereocenters. The van der Waals surface area contributed by atoms with Gasteiger partial charge in [0, 0.05) is 0 Å². The molecular formula is C12H14N2O3S. The van der Waals surface area contributed by atoms with Crippen molar-refractivity contribution in [1.29, 1.82) is 0 Å². The Balaban J connectivity index is 0.000000225. The van der Waals surface area contributed by atoms with Gasteiger partial charge in [0.15, 0.2) is 0 Å². The van der Waals surface area contributed by atoms with E-state index in [4.69, 9.17) is 0 Å². The number of benzene rings is 1. The average molecular weight is 266 g/mol. The van der Waals surface area contributed by atoms with Crippen molar-refractivity contribution in [1.82, 2.24) is 4.98 Å². The fourth-order valence-corrected chi connectivity index (χ4v) is 1.60. The average Bonchev–Trinajstić information content (AvgIpc) is 2.80. The highest BCUT2D eigenvalue weighted by atomic mass is 32.2. The lowest BCUT2D eigenvalue weighted by atomic mass is 10.2. The van der Waals surface area contributed by atoms with Gasteiger partial charge in [0.1, 0.15) is 22.5 Å². The number of aryl methyl sites for hydroxylation is 1. The highest BCUT2D eigenvalue weighted by Crippen LogP contribution is 2.10. The van der Waals surface area contributed by atoms with Crippen LogP contribution in [0.15, 0.2) is 54.5 Å². The second-order valence-corrected chi connectivity index (χ2v) is 4.88. The number of aromatic amines is 1. The number of nitrogens with zero attached hydrogens (tertiary/aromatic N) is 1. The Labute approximate surface area is 106 Å². The molecule has 0 amide bonds. The molecule has 0 radical (unpaired) electrons. The molecule has 0 fully saturated rings. The minimum atomic E-state index is -4.31. The van der Waals surface area contributed by atoms with Gasteiger partial charge in [-0.15, -0.1) is 0 Å². The monoisotopic (exact) mass is 266 g/mol. The van der Waals surface area contributed by atoms with Crippen molar-refractivity contribution in [2.45, 2.75) is 4.90 Å². The smallest absolute Gasteiger partial charge is 0.241 e. The normalized spacial score (nSPS) is 10.3. The molecule has 6 heteroatoms. The van der Waals surface area contributed by atoms with Gasteiger partial charge >= 0.3 is 0 Å². The van der Waals surface area contributed by atoms with E-state index in [0.29, 0.717) is 0 Å². The molecule has 2 aromatic rings. The van der Waals surface area contributed by atoms with E-state index in [2.05, 4.69) is 11.6 Å². The molecule has 0 unspecified atom stereocenters. The minimum Gasteiger partial charge on any atom is -0.744 e. The third-order valence-corrected chi connectivity index (χ3v) is 2.94. The molecule has 1 heterocycles. The molecule has 5 nitrogen and oxygen atoms in total. The van der Waals surface area contributed by atoms with E-state index < -0.39 is 10.1 Å². The Morgan fingerprint density at radius 3 is 2.22 bits per heavy atom. The van der Waals surface area contributed by atoms with Gasteiger partial charge in [-0.1, -0.05) is 24.8 Å². The van der Waals surface area contributed by atoms with E-state index in [0.717, 1.165) is 5.56 Å². The number of hydrogen-bond acceptors (Lipinski definition) is 3. The van der Waals surface area contributed by atoms with Crippen LogP contribution in [0.1, 0.15) is 5.56 Å². The lowest BCUT2D eigenvalue weighted by Gasteiger charge is -2.05. The minimum absolute atomic E-state index is 0.215. The summed E-state index contributed by atoms with van der Waals surface area (Å²) in [5.41, 5.74) is 0.780. The zero-order valence-electron chi connectivity index (χ0n) is 9.91. The Morgan fingerprint density at radius 2 is 1.94 bits per heavy atom. The number of hydrogen-bond donors (Lipinski definition) is 1. The van der Waals surface area contributed by atoms with Crippen molar-refractivity contribution < 1.29 is 17.5 Å². The summed E-state index contributed by atoms with van der Waals surface area (Å²) in [5.74, 6) is 0. The van der Waals surface area contributed by atoms with Crippen LogP contribution < -0.4 is 4.57 Å². The van der Waals surface area contributed by atoms with Crippen LogP contribution in [0.5, 0.6) is 0 Å². The van der Waals surface area contributed by atoms with Crippen LogP contribution in [0.4, 0.5) is 0 Å². The lowest BCUT2D eigenvalue weighted by Crippen LogP contribution is -2.22. The number of rotatable bonds is 2. The Bertz CT molecular complexity index is 587. The SMILES string of the molecule is C=Cc1ccc(S(=O)(=O)[O-])cc1.C[n+]1cc[nH]c1. The van der Waals surface area contributed by atoms with E-state index in [9.17, 15) is 13.0 Å². The summed E-state index contributed by atoms with van der Waals surface area (Å²) in [4.78, 5) is 2.68. The second-order valence-electron chi connectivity index (χ2n) is 3.50. The van der Waals surface area contributed by atoms with E-state index in [1.165, 1.54) is 24.3 Å². The highest BCUT2D eigenvalue weighted by Gasteiger charge is 1.98. The lowest BCUT2D eigenvalue weighted by molar-refractivity contribution is -0.670. The fourth-order valence-electron chi connectivity index (χ4n) is 1.13. The standard InChI is InChI=1S/C8H8O3S.C4H6N2/c1-2-7-3-5-8(6-4-7)12(9,10)11;1-6-3-2-5-4-6/h2-6H,1H2,(H,9,10,11);2-4H,1H3. The van der Waals surface area contributed by atoms with Crippen LogP contribution in [0.2, 0.25) is 0 Å². The van der Waals surface area contributed by atoms with Crippen molar-refractivity contribution in [3.8, 4) is 0 Å². The zero-order valence-corrected chi connectivity index (χ0v) is 10.7. The van der Waals surface area contributed by atoms with Crippen molar-refractivity contribution in [3.05, 3.63) is 55.1 Å². The maximum absolute atomic E-state index is 10.5. The summed E-state index contributed by atoms with van der Waals surface area (Å²) in [7, 11) is -2.34. The van der Waals surface area contributed by atoms with Crippen LogP contribution >= 0.6 is 0 Å². The molecule has 0 aliphatic carbocycles. The van der Waals surface area contributed by atoms with Crippen LogP contribution in [0.25, 0.3) is 6.08 Å². The molecule has 0 saturated heterocycles. The first-order valence-corrected chi connectivity index (χ1v) is 6.50. The van der Waals surface area contributed by atoms with Gasteiger partial charge in [-0.3, -0.25) is 4.98 Å². The molecule has 1 N–H and O–H groups in total. The molecule has 0 aliphatic heterocycles. The summed E-state index contributed by atoms with van der Waals surface area (Å²) < 4.78 is 33.3. The van der Waals surface area contributed by atoms with Crippen molar-refractivity contribution in [2.24, 2.45) is 7.05 Å². The van der Waals surface area contributed by atoms with Crippen molar-refractivity contribution in [3.63, 3.8) is 0 Å². The van der Waals surface area contributed by atoms with Gasteiger partial charge < -0.3 is 4.55 Å². The molecule has 1 aromatic heterocycles. The molecule has 1 aromatic carbocycles. The van der Waals surface area contributed by atoms with Crippen molar-refractivity contribution >= 4 is 16.2 Å². The Kier molecular flexibility index (Phi) is 4.82. The predicted molar refractivity (Wildman–Crippen MR) is 66.5 cm³/mol. The third kappa shape index (κ3) is 4.52. The first-order valence-electron chi connectivity index (χ1n) is 5.10. The zero-order chi connectivity index (χ0) is 13.6. The Hall–Kier alpha value is -1.92. The number of nitrogens with one attached hydrogen (secondary N) is 1. The number of aromatic nitrogens is 2. The number of H-pyrrole nitrogens is 1. The van der Waals surface area contributed by atoms with E-state index in [1.807, 2.05) is 30.3 Å². The molecule has 0 bridgehead atoms. The van der Waals surface area contributed by atoms with Gasteiger partial charge in [-0.05, 0) is 17.7 Å². The maximum atomic E-state index is 10.5. The van der Waals surface area contributed by atoms with E-state index in [-0.39, 0.29) is 4.90 Å². The van der Waals surface area contributed by atoms with Crippen LogP contribution in [0, 0.1) is 0 Å². The summed E-state index contributed by atoms with van der Waals surface area (Å²) in [6, 6.07) is 5.58. The fraction of sp³-hybridized carbons (Fsp3) is 0.0833. The molecule has 0 aliphatic rings. The van der Waals surface area contributed by atoms with Crippen molar-refractivity contribution in [2.75, 3.05) is 0 Å². The quantitative estimate of drug-likeness (QED) is 0.652. The largest absolute Gasteiger partial charge is 0.744 e. The molecule has 18 heavy (non-hydrogen) atoms. The van der Waals surface area contributed by atoms with Gasteiger partial charge in [-0.2, -0.15) is 0 Å². The summed E-state index contributed by atoms with van der Waals surface area (Å²) in [6.07, 6.45) is 7.27.